The van der Waals surface area contributed by atoms with Crippen LogP contribution in [-0.2, 0) is 30.3 Å². The number of cyclic esters (lactones) is 1. The summed E-state index contributed by atoms with van der Waals surface area (Å²) in [5, 5.41) is 9.48. The number of aliphatic carboxylic acids is 1. The van der Waals surface area contributed by atoms with E-state index in [1.54, 1.807) is 19.1 Å². The van der Waals surface area contributed by atoms with E-state index in [-0.39, 0.29) is 18.0 Å². The van der Waals surface area contributed by atoms with Crippen molar-refractivity contribution in [3.05, 3.63) is 53.4 Å². The summed E-state index contributed by atoms with van der Waals surface area (Å²) >= 11 is 0. The molecule has 1 amide bonds. The summed E-state index contributed by atoms with van der Waals surface area (Å²) in [7, 11) is 0. The number of amides is 1. The van der Waals surface area contributed by atoms with Crippen LogP contribution in [0.1, 0.15) is 18.9 Å². The lowest BCUT2D eigenvalue weighted by Crippen LogP contribution is -2.37. The number of benzene rings is 1. The lowest BCUT2D eigenvalue weighted by molar-refractivity contribution is -0.152. The van der Waals surface area contributed by atoms with Crippen molar-refractivity contribution in [3.8, 4) is 0 Å². The highest BCUT2D eigenvalue weighted by molar-refractivity contribution is 6.07. The molecule has 124 valence electrons. The molecule has 24 heavy (non-hydrogen) atoms. The maximum absolute atomic E-state index is 12.3. The van der Waals surface area contributed by atoms with Gasteiger partial charge in [0.1, 0.15) is 6.26 Å². The van der Waals surface area contributed by atoms with Gasteiger partial charge in [0, 0.05) is 18.1 Å². The molecule has 1 aromatic carbocycles. The molecule has 0 saturated heterocycles. The highest BCUT2D eigenvalue weighted by Crippen LogP contribution is 2.31. The van der Waals surface area contributed by atoms with Crippen LogP contribution in [0.4, 0.5) is 5.69 Å². The molecular weight excluding hydrogens is 314 g/mol. The van der Waals surface area contributed by atoms with Gasteiger partial charge in [-0.2, -0.15) is 0 Å². The van der Waals surface area contributed by atoms with Crippen molar-refractivity contribution < 1.29 is 29.0 Å². The van der Waals surface area contributed by atoms with E-state index < -0.39 is 18.2 Å². The molecule has 2 heterocycles. The minimum atomic E-state index is -1.31. The summed E-state index contributed by atoms with van der Waals surface area (Å²) in [5.41, 5.74) is 1.44. The van der Waals surface area contributed by atoms with Gasteiger partial charge in [0.25, 0.3) is 6.29 Å². The number of para-hydroxylation sites is 1. The van der Waals surface area contributed by atoms with Gasteiger partial charge in [-0.1, -0.05) is 18.2 Å². The Balaban J connectivity index is 1.91. The quantitative estimate of drug-likeness (QED) is 0.514. The van der Waals surface area contributed by atoms with Crippen LogP contribution >= 0.6 is 0 Å². The predicted molar refractivity (Wildman–Crippen MR) is 82.7 cm³/mol. The van der Waals surface area contributed by atoms with E-state index in [0.717, 1.165) is 16.7 Å². The molecule has 1 aromatic rings. The number of ether oxygens (including phenoxy) is 2. The van der Waals surface area contributed by atoms with E-state index >= 15 is 0 Å². The van der Waals surface area contributed by atoms with Crippen molar-refractivity contribution >= 4 is 23.5 Å². The third kappa shape index (κ3) is 2.88. The van der Waals surface area contributed by atoms with Crippen molar-refractivity contribution in [2.45, 2.75) is 26.1 Å². The molecule has 0 aliphatic carbocycles. The van der Waals surface area contributed by atoms with Crippen LogP contribution in [0.2, 0.25) is 0 Å². The maximum atomic E-state index is 12.3. The molecule has 0 bridgehead atoms. The first kappa shape index (κ1) is 15.8. The number of rotatable bonds is 4. The lowest BCUT2D eigenvalue weighted by Gasteiger charge is -2.29. The Hall–Kier alpha value is -3.09. The third-order valence-electron chi connectivity index (χ3n) is 3.80. The van der Waals surface area contributed by atoms with E-state index in [2.05, 4.69) is 0 Å². The Morgan fingerprint density at radius 2 is 2.08 bits per heavy atom. The first-order valence-electron chi connectivity index (χ1n) is 7.36. The minimum absolute atomic E-state index is 0.207. The van der Waals surface area contributed by atoms with Gasteiger partial charge in [0.2, 0.25) is 5.91 Å². The van der Waals surface area contributed by atoms with Crippen molar-refractivity contribution in [2.24, 2.45) is 0 Å². The molecule has 1 atom stereocenters. The smallest absolute Gasteiger partial charge is 0.356 e. The standard InChI is InChI=1S/C17H15NO6/c1-10-8-15(24-17(10)22)23-9-13(16(20)21)18-12-5-3-2-4-11(12)6-7-14(18)19/h2-5,8-9,15H,6-7H2,1H3,(H,20,21)/b13-9-. The number of nitrogens with zero attached hydrogens (tertiary/aromatic N) is 1. The molecule has 3 rings (SSSR count). The molecule has 7 nitrogen and oxygen atoms in total. The molecule has 0 fully saturated rings. The number of carboxylic acid groups (broad SMARTS) is 1. The van der Waals surface area contributed by atoms with Gasteiger partial charge in [-0.05, 0) is 25.0 Å². The van der Waals surface area contributed by atoms with E-state index in [1.165, 1.54) is 6.08 Å². The Kier molecular flexibility index (Phi) is 4.07. The van der Waals surface area contributed by atoms with Crippen LogP contribution in [0, 0.1) is 0 Å². The Morgan fingerprint density at radius 3 is 2.75 bits per heavy atom. The molecule has 0 saturated carbocycles. The first-order valence-corrected chi connectivity index (χ1v) is 7.36. The average Bonchev–Trinajstić information content (AvgIpc) is 2.87. The lowest BCUT2D eigenvalue weighted by atomic mass is 10.0. The summed E-state index contributed by atoms with van der Waals surface area (Å²) < 4.78 is 10.1. The van der Waals surface area contributed by atoms with Crippen molar-refractivity contribution in [1.29, 1.82) is 0 Å². The third-order valence-corrected chi connectivity index (χ3v) is 3.80. The monoisotopic (exact) mass is 329 g/mol. The molecule has 0 spiro atoms. The molecular formula is C17H15NO6. The van der Waals surface area contributed by atoms with Crippen LogP contribution in [0.25, 0.3) is 0 Å². The van der Waals surface area contributed by atoms with Crippen LogP contribution in [0.15, 0.2) is 47.9 Å². The number of carbonyl (C=O) groups is 3. The van der Waals surface area contributed by atoms with E-state index in [1.807, 2.05) is 12.1 Å². The fourth-order valence-corrected chi connectivity index (χ4v) is 2.59. The topological polar surface area (TPSA) is 93.1 Å². The van der Waals surface area contributed by atoms with Crippen molar-refractivity contribution in [3.63, 3.8) is 0 Å². The maximum Gasteiger partial charge on any atom is 0.356 e. The largest absolute Gasteiger partial charge is 0.476 e. The zero-order valence-electron chi connectivity index (χ0n) is 12.9. The Labute approximate surface area is 137 Å². The molecule has 0 radical (unpaired) electrons. The predicted octanol–water partition coefficient (Wildman–Crippen LogP) is 1.74. The number of hydrogen-bond acceptors (Lipinski definition) is 5. The first-order chi connectivity index (χ1) is 11.5. The highest BCUT2D eigenvalue weighted by atomic mass is 16.7. The van der Waals surface area contributed by atoms with E-state index in [0.29, 0.717) is 17.7 Å². The molecule has 7 heteroatoms. The zero-order valence-corrected chi connectivity index (χ0v) is 12.9. The minimum Gasteiger partial charge on any atom is -0.476 e. The second-order valence-corrected chi connectivity index (χ2v) is 5.43. The number of fused-ring (bicyclic) bond motifs is 1. The summed E-state index contributed by atoms with van der Waals surface area (Å²) in [4.78, 5) is 36.3. The number of esters is 1. The molecule has 2 aliphatic rings. The fraction of sp³-hybridized carbons (Fsp3) is 0.235. The van der Waals surface area contributed by atoms with E-state index in [9.17, 15) is 19.5 Å². The second kappa shape index (κ2) is 6.19. The number of carbonyl (C=O) groups excluding carboxylic acids is 2. The van der Waals surface area contributed by atoms with Crippen LogP contribution in [0.5, 0.6) is 0 Å². The SMILES string of the molecule is CC1=CC(O/C=C(/C(=O)O)N2C(=O)CCc3ccccc32)OC1=O. The summed E-state index contributed by atoms with van der Waals surface area (Å²) in [6, 6.07) is 7.09. The van der Waals surface area contributed by atoms with Gasteiger partial charge in [0.15, 0.2) is 5.70 Å². The van der Waals surface area contributed by atoms with Gasteiger partial charge < -0.3 is 14.6 Å². The van der Waals surface area contributed by atoms with Crippen molar-refractivity contribution in [1.82, 2.24) is 0 Å². The Bertz CT molecular complexity index is 779. The van der Waals surface area contributed by atoms with Gasteiger partial charge in [0.05, 0.1) is 5.69 Å². The zero-order chi connectivity index (χ0) is 17.3. The van der Waals surface area contributed by atoms with Gasteiger partial charge in [-0.25, -0.2) is 9.59 Å². The van der Waals surface area contributed by atoms with Gasteiger partial charge in [-0.3, -0.25) is 9.69 Å². The number of hydrogen-bond donors (Lipinski definition) is 1. The number of carboxylic acids is 1. The molecule has 1 unspecified atom stereocenters. The molecule has 0 aromatic heterocycles. The van der Waals surface area contributed by atoms with Gasteiger partial charge in [-0.15, -0.1) is 0 Å². The average molecular weight is 329 g/mol. The number of anilines is 1. The Morgan fingerprint density at radius 1 is 1.33 bits per heavy atom. The van der Waals surface area contributed by atoms with E-state index in [4.69, 9.17) is 9.47 Å². The fourth-order valence-electron chi connectivity index (χ4n) is 2.59. The highest BCUT2D eigenvalue weighted by Gasteiger charge is 2.31. The summed E-state index contributed by atoms with van der Waals surface area (Å²) in [5.74, 6) is -2.17. The summed E-state index contributed by atoms with van der Waals surface area (Å²) in [6.45, 7) is 1.57. The van der Waals surface area contributed by atoms with Crippen LogP contribution in [-0.4, -0.2) is 29.2 Å². The number of aryl methyl sites for hydroxylation is 1. The molecule has 2 aliphatic heterocycles. The molecule has 1 N–H and O–H groups in total. The second-order valence-electron chi connectivity index (χ2n) is 5.43. The summed E-state index contributed by atoms with van der Waals surface area (Å²) in [6.07, 6.45) is 2.14. The van der Waals surface area contributed by atoms with Crippen LogP contribution in [0.3, 0.4) is 0 Å². The van der Waals surface area contributed by atoms with Crippen LogP contribution < -0.4 is 4.90 Å². The van der Waals surface area contributed by atoms with Crippen molar-refractivity contribution in [2.75, 3.05) is 4.90 Å². The van der Waals surface area contributed by atoms with Gasteiger partial charge >= 0.3 is 11.9 Å². The normalized spacial score (nSPS) is 20.4.